The number of hydrogen-bond donors (Lipinski definition) is 1. The maximum atomic E-state index is 5.53. The molecule has 0 radical (unpaired) electrons. The van der Waals surface area contributed by atoms with Gasteiger partial charge < -0.3 is 10.1 Å². The molecular weight excluding hydrogens is 254 g/mol. The Kier molecular flexibility index (Phi) is 4.61. The first-order valence-electron chi connectivity index (χ1n) is 6.59. The molecule has 1 atom stereocenters. The van der Waals surface area contributed by atoms with Crippen LogP contribution in [0, 0.1) is 13.8 Å². The third-order valence-corrected chi connectivity index (χ3v) is 4.35. The molecule has 0 bridgehead atoms. The lowest BCUT2D eigenvalue weighted by Crippen LogP contribution is -2.22. The van der Waals surface area contributed by atoms with E-state index in [0.717, 1.165) is 12.3 Å². The molecule has 2 rings (SSSR count). The summed E-state index contributed by atoms with van der Waals surface area (Å²) in [5.74, 6) is 0.948. The van der Waals surface area contributed by atoms with Crippen molar-refractivity contribution in [1.82, 2.24) is 5.32 Å². The van der Waals surface area contributed by atoms with Crippen molar-refractivity contribution in [2.24, 2.45) is 0 Å². The summed E-state index contributed by atoms with van der Waals surface area (Å²) in [4.78, 5) is 1.37. The summed E-state index contributed by atoms with van der Waals surface area (Å²) < 4.78 is 5.53. The van der Waals surface area contributed by atoms with Gasteiger partial charge in [0.25, 0.3) is 0 Å². The standard InChI is InChI=1S/C16H21NOS/c1-5-17-15(16-12(3)8-9-19-16)13-10-11(2)6-7-14(13)18-4/h6-10,15,17H,5H2,1-4H3. The van der Waals surface area contributed by atoms with Crippen LogP contribution in [0.4, 0.5) is 0 Å². The predicted molar refractivity (Wildman–Crippen MR) is 82.3 cm³/mol. The second-order valence-electron chi connectivity index (χ2n) is 4.70. The second-order valence-corrected chi connectivity index (χ2v) is 5.65. The molecule has 0 spiro atoms. The van der Waals surface area contributed by atoms with Crippen LogP contribution in [0.15, 0.2) is 29.6 Å². The fourth-order valence-corrected chi connectivity index (χ4v) is 3.33. The van der Waals surface area contributed by atoms with E-state index in [1.54, 1.807) is 18.4 Å². The van der Waals surface area contributed by atoms with Gasteiger partial charge in [-0.1, -0.05) is 24.6 Å². The van der Waals surface area contributed by atoms with Crippen LogP contribution in [-0.4, -0.2) is 13.7 Å². The molecule has 0 amide bonds. The van der Waals surface area contributed by atoms with E-state index in [1.165, 1.54) is 21.6 Å². The minimum Gasteiger partial charge on any atom is -0.496 e. The number of benzene rings is 1. The maximum Gasteiger partial charge on any atom is 0.124 e. The van der Waals surface area contributed by atoms with Crippen molar-refractivity contribution in [3.63, 3.8) is 0 Å². The fourth-order valence-electron chi connectivity index (χ4n) is 2.31. The van der Waals surface area contributed by atoms with Crippen LogP contribution in [0.25, 0.3) is 0 Å². The van der Waals surface area contributed by atoms with Crippen LogP contribution < -0.4 is 10.1 Å². The number of aryl methyl sites for hydroxylation is 2. The molecule has 0 aliphatic carbocycles. The summed E-state index contributed by atoms with van der Waals surface area (Å²) in [7, 11) is 1.73. The number of rotatable bonds is 5. The van der Waals surface area contributed by atoms with Crippen molar-refractivity contribution in [3.05, 3.63) is 51.2 Å². The number of thiophene rings is 1. The van der Waals surface area contributed by atoms with E-state index in [0.29, 0.717) is 0 Å². The molecule has 0 aliphatic heterocycles. The van der Waals surface area contributed by atoms with Crippen LogP contribution in [0.2, 0.25) is 0 Å². The number of hydrogen-bond acceptors (Lipinski definition) is 3. The van der Waals surface area contributed by atoms with Gasteiger partial charge in [0.15, 0.2) is 0 Å². The monoisotopic (exact) mass is 275 g/mol. The summed E-state index contributed by atoms with van der Waals surface area (Å²) in [6.07, 6.45) is 0. The first-order valence-corrected chi connectivity index (χ1v) is 7.47. The van der Waals surface area contributed by atoms with Gasteiger partial charge in [0.2, 0.25) is 0 Å². The highest BCUT2D eigenvalue weighted by Gasteiger charge is 2.20. The summed E-state index contributed by atoms with van der Waals surface area (Å²) in [6.45, 7) is 7.35. The Balaban J connectivity index is 2.50. The fraction of sp³-hybridized carbons (Fsp3) is 0.375. The average molecular weight is 275 g/mol. The Labute approximate surface area is 119 Å². The molecule has 102 valence electrons. The van der Waals surface area contributed by atoms with Crippen molar-refractivity contribution in [2.75, 3.05) is 13.7 Å². The molecule has 0 saturated heterocycles. The third kappa shape index (κ3) is 2.99. The Hall–Kier alpha value is -1.32. The van der Waals surface area contributed by atoms with E-state index < -0.39 is 0 Å². The molecule has 0 fully saturated rings. The minimum absolute atomic E-state index is 0.208. The van der Waals surface area contributed by atoms with Gasteiger partial charge in [0, 0.05) is 10.4 Å². The minimum atomic E-state index is 0.208. The van der Waals surface area contributed by atoms with Gasteiger partial charge in [0.05, 0.1) is 13.2 Å². The third-order valence-electron chi connectivity index (χ3n) is 3.27. The summed E-state index contributed by atoms with van der Waals surface area (Å²) >= 11 is 1.80. The van der Waals surface area contributed by atoms with Gasteiger partial charge in [-0.15, -0.1) is 11.3 Å². The Bertz CT molecular complexity index is 547. The van der Waals surface area contributed by atoms with E-state index in [4.69, 9.17) is 4.74 Å². The SMILES string of the molecule is CCNC(c1cc(C)ccc1OC)c1sccc1C. The molecule has 0 aliphatic rings. The van der Waals surface area contributed by atoms with Crippen LogP contribution in [-0.2, 0) is 0 Å². The summed E-state index contributed by atoms with van der Waals surface area (Å²) in [5.41, 5.74) is 3.81. The number of methoxy groups -OCH3 is 1. The highest BCUT2D eigenvalue weighted by Crippen LogP contribution is 2.34. The first-order chi connectivity index (χ1) is 9.17. The second kappa shape index (κ2) is 6.22. The Morgan fingerprint density at radius 1 is 1.26 bits per heavy atom. The van der Waals surface area contributed by atoms with Crippen LogP contribution in [0.3, 0.4) is 0 Å². The Morgan fingerprint density at radius 3 is 2.63 bits per heavy atom. The largest absolute Gasteiger partial charge is 0.496 e. The lowest BCUT2D eigenvalue weighted by molar-refractivity contribution is 0.404. The lowest BCUT2D eigenvalue weighted by atomic mass is 10.00. The van der Waals surface area contributed by atoms with E-state index >= 15 is 0 Å². The van der Waals surface area contributed by atoms with Crippen LogP contribution in [0.5, 0.6) is 5.75 Å². The van der Waals surface area contributed by atoms with Gasteiger partial charge in [-0.25, -0.2) is 0 Å². The molecule has 2 nitrogen and oxygen atoms in total. The summed E-state index contributed by atoms with van der Waals surface area (Å²) in [5, 5.41) is 5.72. The van der Waals surface area contributed by atoms with E-state index in [-0.39, 0.29) is 6.04 Å². The van der Waals surface area contributed by atoms with Gasteiger partial charge in [-0.05, 0) is 43.5 Å². The van der Waals surface area contributed by atoms with Gasteiger partial charge >= 0.3 is 0 Å². The molecule has 0 saturated carbocycles. The average Bonchev–Trinajstić information content (AvgIpc) is 2.82. The van der Waals surface area contributed by atoms with Gasteiger partial charge in [-0.3, -0.25) is 0 Å². The zero-order chi connectivity index (χ0) is 13.8. The number of ether oxygens (including phenoxy) is 1. The normalized spacial score (nSPS) is 12.4. The van der Waals surface area contributed by atoms with E-state index in [2.05, 4.69) is 55.7 Å². The van der Waals surface area contributed by atoms with E-state index in [9.17, 15) is 0 Å². The molecular formula is C16H21NOS. The summed E-state index contributed by atoms with van der Waals surface area (Å²) in [6, 6.07) is 8.74. The van der Waals surface area contributed by atoms with Crippen LogP contribution in [0.1, 0.15) is 34.5 Å². The van der Waals surface area contributed by atoms with Crippen molar-refractivity contribution in [1.29, 1.82) is 0 Å². The predicted octanol–water partition coefficient (Wildman–Crippen LogP) is 4.07. The molecule has 2 aromatic rings. The first kappa shape index (κ1) is 14.1. The topological polar surface area (TPSA) is 21.3 Å². The molecule has 1 aromatic carbocycles. The number of nitrogens with one attached hydrogen (secondary N) is 1. The lowest BCUT2D eigenvalue weighted by Gasteiger charge is -2.21. The van der Waals surface area contributed by atoms with Crippen LogP contribution >= 0.6 is 11.3 Å². The zero-order valence-corrected chi connectivity index (χ0v) is 12.8. The zero-order valence-electron chi connectivity index (χ0n) is 12.0. The molecule has 19 heavy (non-hydrogen) atoms. The van der Waals surface area contributed by atoms with Gasteiger partial charge in [-0.2, -0.15) is 0 Å². The van der Waals surface area contributed by atoms with Crippen molar-refractivity contribution < 1.29 is 4.74 Å². The highest BCUT2D eigenvalue weighted by atomic mass is 32.1. The molecule has 3 heteroatoms. The van der Waals surface area contributed by atoms with Gasteiger partial charge in [0.1, 0.15) is 5.75 Å². The molecule has 1 aromatic heterocycles. The molecule has 1 unspecified atom stereocenters. The quantitative estimate of drug-likeness (QED) is 0.888. The smallest absolute Gasteiger partial charge is 0.124 e. The maximum absolute atomic E-state index is 5.53. The van der Waals surface area contributed by atoms with Crippen molar-refractivity contribution in [3.8, 4) is 5.75 Å². The molecule has 1 heterocycles. The van der Waals surface area contributed by atoms with Crippen molar-refractivity contribution in [2.45, 2.75) is 26.8 Å². The highest BCUT2D eigenvalue weighted by molar-refractivity contribution is 7.10. The molecule has 1 N–H and O–H groups in total. The Morgan fingerprint density at radius 2 is 2.05 bits per heavy atom. The van der Waals surface area contributed by atoms with E-state index in [1.807, 2.05) is 0 Å². The van der Waals surface area contributed by atoms with Crippen molar-refractivity contribution >= 4 is 11.3 Å².